The smallest absolute Gasteiger partial charge is 0.192 e. The van der Waals surface area contributed by atoms with E-state index in [2.05, 4.69) is 43.9 Å². The van der Waals surface area contributed by atoms with E-state index in [1.54, 1.807) is 0 Å². The molecule has 1 fully saturated rings. The normalized spacial score (nSPS) is 14.8. The van der Waals surface area contributed by atoms with E-state index in [-0.39, 0.29) is 5.78 Å². The Balaban J connectivity index is 1.49. The summed E-state index contributed by atoms with van der Waals surface area (Å²) in [5.41, 5.74) is 2.87. The lowest BCUT2D eigenvalue weighted by Crippen LogP contribution is -2.22. The van der Waals surface area contributed by atoms with Crippen LogP contribution in [0, 0.1) is 0 Å². The van der Waals surface area contributed by atoms with Crippen LogP contribution in [0.1, 0.15) is 45.4 Å². The van der Waals surface area contributed by atoms with Crippen molar-refractivity contribution in [2.45, 2.75) is 36.3 Å². The van der Waals surface area contributed by atoms with Crippen molar-refractivity contribution >= 4 is 17.5 Å². The average molecular weight is 469 g/mol. The summed E-state index contributed by atoms with van der Waals surface area (Å²) in [6.07, 6.45) is 2.46. The SMILES string of the molecule is O=C(c1ccccc1)C(Sc1nnc(CN2CCCC2)n1Cc1ccccc1)c1ccccc1. The molecule has 1 unspecified atom stereocenters. The molecule has 0 saturated carbocycles. The van der Waals surface area contributed by atoms with Crippen LogP contribution >= 0.6 is 11.8 Å². The maximum absolute atomic E-state index is 13.6. The van der Waals surface area contributed by atoms with Crippen LogP contribution in [0.5, 0.6) is 0 Å². The molecule has 0 spiro atoms. The molecule has 1 aliphatic rings. The van der Waals surface area contributed by atoms with Crippen molar-refractivity contribution in [3.63, 3.8) is 0 Å². The van der Waals surface area contributed by atoms with Crippen LogP contribution in [-0.2, 0) is 13.1 Å². The Morgan fingerprint density at radius 2 is 1.41 bits per heavy atom. The van der Waals surface area contributed by atoms with Crippen LogP contribution in [-0.4, -0.2) is 38.5 Å². The number of likely N-dealkylation sites (tertiary alicyclic amines) is 1. The van der Waals surface area contributed by atoms with E-state index in [0.717, 1.165) is 36.2 Å². The molecular formula is C28H28N4OS. The Kier molecular flexibility index (Phi) is 7.17. The summed E-state index contributed by atoms with van der Waals surface area (Å²) in [6.45, 7) is 3.66. The van der Waals surface area contributed by atoms with Gasteiger partial charge in [-0.25, -0.2) is 0 Å². The Bertz CT molecular complexity index is 1210. The number of nitrogens with zero attached hydrogens (tertiary/aromatic N) is 4. The predicted molar refractivity (Wildman–Crippen MR) is 136 cm³/mol. The molecule has 5 rings (SSSR count). The molecule has 0 amide bonds. The summed E-state index contributed by atoms with van der Waals surface area (Å²) in [7, 11) is 0. The summed E-state index contributed by atoms with van der Waals surface area (Å²) in [6, 6.07) is 29.9. The molecule has 2 heterocycles. The lowest BCUT2D eigenvalue weighted by atomic mass is 10.0. The van der Waals surface area contributed by atoms with Gasteiger partial charge in [-0.15, -0.1) is 10.2 Å². The summed E-state index contributed by atoms with van der Waals surface area (Å²) in [5.74, 6) is 1.03. The second-order valence-electron chi connectivity index (χ2n) is 8.59. The third-order valence-electron chi connectivity index (χ3n) is 6.16. The van der Waals surface area contributed by atoms with Gasteiger partial charge in [0.25, 0.3) is 0 Å². The zero-order chi connectivity index (χ0) is 23.2. The molecule has 1 saturated heterocycles. The largest absolute Gasteiger partial charge is 0.300 e. The third-order valence-corrected chi connectivity index (χ3v) is 7.40. The minimum absolute atomic E-state index is 0.0761. The first-order valence-electron chi connectivity index (χ1n) is 11.8. The fourth-order valence-electron chi connectivity index (χ4n) is 4.35. The Morgan fingerprint density at radius 1 is 0.794 bits per heavy atom. The van der Waals surface area contributed by atoms with Gasteiger partial charge in [-0.2, -0.15) is 0 Å². The van der Waals surface area contributed by atoms with Gasteiger partial charge in [0.1, 0.15) is 11.1 Å². The fourth-order valence-corrected chi connectivity index (χ4v) is 5.48. The van der Waals surface area contributed by atoms with E-state index in [1.165, 1.54) is 30.2 Å². The highest BCUT2D eigenvalue weighted by molar-refractivity contribution is 8.00. The highest BCUT2D eigenvalue weighted by atomic mass is 32.2. The van der Waals surface area contributed by atoms with Crippen molar-refractivity contribution in [1.82, 2.24) is 19.7 Å². The van der Waals surface area contributed by atoms with E-state index >= 15 is 0 Å². The molecule has 0 radical (unpaired) electrons. The van der Waals surface area contributed by atoms with Crippen LogP contribution in [0.2, 0.25) is 0 Å². The highest BCUT2D eigenvalue weighted by Crippen LogP contribution is 2.37. The summed E-state index contributed by atoms with van der Waals surface area (Å²) in [5, 5.41) is 9.56. The molecule has 4 aromatic rings. The number of hydrogen-bond donors (Lipinski definition) is 0. The van der Waals surface area contributed by atoms with Gasteiger partial charge in [-0.05, 0) is 37.1 Å². The summed E-state index contributed by atoms with van der Waals surface area (Å²) >= 11 is 1.49. The number of thioether (sulfide) groups is 1. The van der Waals surface area contributed by atoms with Gasteiger partial charge in [0.2, 0.25) is 0 Å². The lowest BCUT2D eigenvalue weighted by Gasteiger charge is -2.18. The van der Waals surface area contributed by atoms with Crippen LogP contribution < -0.4 is 0 Å². The van der Waals surface area contributed by atoms with Gasteiger partial charge in [0.15, 0.2) is 10.9 Å². The third kappa shape index (κ3) is 5.29. The first-order valence-corrected chi connectivity index (χ1v) is 12.6. The molecule has 0 bridgehead atoms. The Morgan fingerprint density at radius 3 is 2.09 bits per heavy atom. The first-order chi connectivity index (χ1) is 16.8. The molecule has 1 atom stereocenters. The number of hydrogen-bond acceptors (Lipinski definition) is 5. The van der Waals surface area contributed by atoms with Crippen LogP contribution in [0.3, 0.4) is 0 Å². The molecule has 1 aromatic heterocycles. The van der Waals surface area contributed by atoms with E-state index in [4.69, 9.17) is 0 Å². The monoisotopic (exact) mass is 468 g/mol. The minimum Gasteiger partial charge on any atom is -0.300 e. The number of Topliss-reactive ketones (excluding diaryl/α,β-unsaturated/α-hetero) is 1. The lowest BCUT2D eigenvalue weighted by molar-refractivity contribution is 0.0989. The topological polar surface area (TPSA) is 51.0 Å². The summed E-state index contributed by atoms with van der Waals surface area (Å²) in [4.78, 5) is 16.1. The van der Waals surface area contributed by atoms with Crippen LogP contribution in [0.4, 0.5) is 0 Å². The second kappa shape index (κ2) is 10.8. The average Bonchev–Trinajstić information content (AvgIpc) is 3.54. The van der Waals surface area contributed by atoms with Gasteiger partial charge in [-0.3, -0.25) is 9.69 Å². The van der Waals surface area contributed by atoms with Crippen molar-refractivity contribution in [2.24, 2.45) is 0 Å². The van der Waals surface area contributed by atoms with Crippen molar-refractivity contribution in [3.05, 3.63) is 114 Å². The van der Waals surface area contributed by atoms with Gasteiger partial charge in [-0.1, -0.05) is 103 Å². The van der Waals surface area contributed by atoms with Crippen LogP contribution in [0.25, 0.3) is 0 Å². The number of ketones is 1. The van der Waals surface area contributed by atoms with E-state index in [0.29, 0.717) is 12.1 Å². The molecule has 0 aliphatic carbocycles. The van der Waals surface area contributed by atoms with Crippen molar-refractivity contribution in [3.8, 4) is 0 Å². The predicted octanol–water partition coefficient (Wildman–Crippen LogP) is 5.64. The van der Waals surface area contributed by atoms with E-state index in [9.17, 15) is 4.79 Å². The zero-order valence-corrected chi connectivity index (χ0v) is 19.9. The van der Waals surface area contributed by atoms with Crippen molar-refractivity contribution < 1.29 is 4.79 Å². The number of rotatable bonds is 9. The standard InChI is InChI=1S/C28H28N4OS/c33-26(23-14-6-2-7-15-23)27(24-16-8-3-9-17-24)34-28-30-29-25(21-31-18-10-11-19-31)32(28)20-22-12-4-1-5-13-22/h1-9,12-17,27H,10-11,18-21H2. The minimum atomic E-state index is -0.401. The molecule has 6 heteroatoms. The Hall–Kier alpha value is -3.22. The van der Waals surface area contributed by atoms with Crippen LogP contribution in [0.15, 0.2) is 96.2 Å². The second-order valence-corrected chi connectivity index (χ2v) is 9.66. The first kappa shape index (κ1) is 22.6. The van der Waals surface area contributed by atoms with Gasteiger partial charge < -0.3 is 4.57 Å². The number of carbonyl (C=O) groups excluding carboxylic acids is 1. The number of carbonyl (C=O) groups is 1. The van der Waals surface area contributed by atoms with Gasteiger partial charge in [0.05, 0.1) is 13.1 Å². The molecule has 0 N–H and O–H groups in total. The molecule has 1 aliphatic heterocycles. The van der Waals surface area contributed by atoms with Crippen molar-refractivity contribution in [1.29, 1.82) is 0 Å². The number of benzene rings is 3. The van der Waals surface area contributed by atoms with Gasteiger partial charge in [0, 0.05) is 5.56 Å². The fraction of sp³-hybridized carbons (Fsp3) is 0.250. The zero-order valence-electron chi connectivity index (χ0n) is 19.1. The van der Waals surface area contributed by atoms with Crippen molar-refractivity contribution in [2.75, 3.05) is 13.1 Å². The molecule has 172 valence electrons. The quantitative estimate of drug-likeness (QED) is 0.235. The van der Waals surface area contributed by atoms with E-state index in [1.807, 2.05) is 66.7 Å². The Labute approximate surface area is 204 Å². The maximum Gasteiger partial charge on any atom is 0.192 e. The molecule has 34 heavy (non-hydrogen) atoms. The highest BCUT2D eigenvalue weighted by Gasteiger charge is 2.27. The summed E-state index contributed by atoms with van der Waals surface area (Å²) < 4.78 is 2.19. The van der Waals surface area contributed by atoms with Gasteiger partial charge >= 0.3 is 0 Å². The van der Waals surface area contributed by atoms with E-state index < -0.39 is 5.25 Å². The molecule has 3 aromatic carbocycles. The molecular weight excluding hydrogens is 440 g/mol. The number of aromatic nitrogens is 3. The molecule has 5 nitrogen and oxygen atoms in total. The maximum atomic E-state index is 13.6.